The summed E-state index contributed by atoms with van der Waals surface area (Å²) in [6, 6.07) is 27.3. The van der Waals surface area contributed by atoms with Crippen LogP contribution in [-0.4, -0.2) is 6.19 Å². The van der Waals surface area contributed by atoms with E-state index in [0.29, 0.717) is 8.45 Å². The standard InChI is InChI=1S/2C13H9.C2H6Si.2ClH.Ti/c2*1-2-6-12-10(4-1)8-9-11-5-3-7-13(11)12;1-3-2;;;/h2*1-9H;1-2H3;2*1H;/q;;;;;+2/p-2. The van der Waals surface area contributed by atoms with Crippen molar-refractivity contribution in [2.24, 2.45) is 0 Å². The van der Waals surface area contributed by atoms with Crippen molar-refractivity contribution >= 4 is 39.9 Å². The van der Waals surface area contributed by atoms with Crippen molar-refractivity contribution in [3.63, 3.8) is 0 Å². The van der Waals surface area contributed by atoms with Gasteiger partial charge in [-0.3, -0.25) is 0 Å². The molecule has 2 aliphatic carbocycles. The minimum atomic E-state index is -1.47. The van der Waals surface area contributed by atoms with Crippen molar-refractivity contribution in [3.05, 3.63) is 107 Å². The van der Waals surface area contributed by atoms with Gasteiger partial charge in [0.15, 0.2) is 0 Å². The van der Waals surface area contributed by atoms with Gasteiger partial charge in [-0.25, -0.2) is 0 Å². The third-order valence-corrected chi connectivity index (χ3v) is 19.6. The third kappa shape index (κ3) is 3.65. The molecule has 0 saturated carbocycles. The quantitative estimate of drug-likeness (QED) is 0.363. The molecule has 0 radical (unpaired) electrons. The fraction of sp³-hybridized carbons (Fsp3) is 0.143. The van der Waals surface area contributed by atoms with E-state index < -0.39 is 16.6 Å². The number of hydrogen-bond donors (Lipinski definition) is 0. The first-order chi connectivity index (χ1) is 14.7. The molecule has 4 aromatic carbocycles. The van der Waals surface area contributed by atoms with Crippen LogP contribution in [0.2, 0.25) is 13.1 Å². The summed E-state index contributed by atoms with van der Waals surface area (Å²) in [4.78, 5) is 0. The molecule has 0 fully saturated rings. The van der Waals surface area contributed by atoms with Crippen LogP contribution >= 0.6 is 0 Å². The molecule has 0 spiro atoms. The molecule has 0 bridgehead atoms. The van der Waals surface area contributed by atoms with Gasteiger partial charge in [-0.2, -0.15) is 0 Å². The second kappa shape index (κ2) is 9.33. The number of rotatable bonds is 2. The number of halogens is 2. The minimum Gasteiger partial charge on any atom is -1.00 e. The molecule has 0 amide bonds. The molecule has 0 N–H and O–H groups in total. The Morgan fingerprint density at radius 1 is 0.594 bits per heavy atom. The van der Waals surface area contributed by atoms with Crippen molar-refractivity contribution < 1.29 is 41.4 Å². The number of allylic oxidation sites excluding steroid dienone is 2. The first kappa shape index (κ1) is 23.5. The van der Waals surface area contributed by atoms with Gasteiger partial charge in [0.2, 0.25) is 0 Å². The Balaban J connectivity index is 0.00000122. The Bertz CT molecular complexity index is 1330. The van der Waals surface area contributed by atoms with Crippen LogP contribution in [-0.2, 0) is 16.6 Å². The van der Waals surface area contributed by atoms with Crippen LogP contribution in [0.1, 0.15) is 30.7 Å². The van der Waals surface area contributed by atoms with Gasteiger partial charge in [0.1, 0.15) is 0 Å². The van der Waals surface area contributed by atoms with Gasteiger partial charge in [0.25, 0.3) is 0 Å². The van der Waals surface area contributed by atoms with Gasteiger partial charge in [0.05, 0.1) is 0 Å². The van der Waals surface area contributed by atoms with Gasteiger partial charge >= 0.3 is 185 Å². The number of fused-ring (bicyclic) bond motifs is 6. The molecule has 158 valence electrons. The van der Waals surface area contributed by atoms with E-state index in [1.807, 2.05) is 0 Å². The van der Waals surface area contributed by atoms with E-state index in [2.05, 4.69) is 110 Å². The molecule has 0 saturated heterocycles. The zero-order valence-electron chi connectivity index (χ0n) is 18.1. The SMILES string of the molecule is C[Si](C)=[Ti+2]([C@@H]1C=Cc2c1ccc1ccccc21)[C@H]1C=Cc2c1ccc1ccccc21.[Cl-].[Cl-]. The molecule has 32 heavy (non-hydrogen) atoms. The maximum Gasteiger partial charge on any atom is -1.00 e. The molecule has 0 aliphatic heterocycles. The summed E-state index contributed by atoms with van der Waals surface area (Å²) in [5, 5.41) is 5.56. The van der Waals surface area contributed by atoms with Gasteiger partial charge < -0.3 is 24.8 Å². The van der Waals surface area contributed by atoms with Crippen molar-refractivity contribution in [2.45, 2.75) is 21.5 Å². The smallest absolute Gasteiger partial charge is 1.00 e. The predicted molar refractivity (Wildman–Crippen MR) is 129 cm³/mol. The first-order valence-electron chi connectivity index (χ1n) is 10.8. The maximum atomic E-state index is 2.57. The van der Waals surface area contributed by atoms with E-state index in [4.69, 9.17) is 0 Å². The van der Waals surface area contributed by atoms with Crippen molar-refractivity contribution in [1.82, 2.24) is 0 Å². The zero-order valence-corrected chi connectivity index (χ0v) is 22.2. The van der Waals surface area contributed by atoms with Crippen LogP contribution in [0.25, 0.3) is 33.7 Å². The molecule has 0 aromatic heterocycles. The summed E-state index contributed by atoms with van der Waals surface area (Å²) < 4.78 is 1.33. The van der Waals surface area contributed by atoms with Gasteiger partial charge in [-0.15, -0.1) is 0 Å². The van der Waals surface area contributed by atoms with E-state index >= 15 is 0 Å². The molecule has 4 heteroatoms. The molecule has 0 heterocycles. The predicted octanol–water partition coefficient (Wildman–Crippen LogP) is 1.71. The van der Waals surface area contributed by atoms with Crippen LogP contribution in [0, 0.1) is 0 Å². The molecule has 6 rings (SSSR count). The third-order valence-electron chi connectivity index (χ3n) is 6.84. The minimum absolute atomic E-state index is 0. The Labute approximate surface area is 208 Å². The van der Waals surface area contributed by atoms with E-state index in [1.165, 1.54) is 32.7 Å². The first-order valence-corrected chi connectivity index (χ1v) is 17.4. The molecular formula is C28H24Cl2SiTi. The van der Waals surface area contributed by atoms with Crippen LogP contribution in [0.5, 0.6) is 0 Å². The maximum absolute atomic E-state index is 2.57. The van der Waals surface area contributed by atoms with Crippen LogP contribution in [0.3, 0.4) is 0 Å². The van der Waals surface area contributed by atoms with Gasteiger partial charge in [-0.05, 0) is 0 Å². The largest absolute Gasteiger partial charge is 1.00 e. The molecule has 4 aromatic rings. The summed E-state index contributed by atoms with van der Waals surface area (Å²) in [5.41, 5.74) is 6.15. The summed E-state index contributed by atoms with van der Waals surface area (Å²) in [7, 11) is 0. The molecule has 0 nitrogen and oxygen atoms in total. The molecular weight excluding hydrogens is 483 g/mol. The fourth-order valence-electron chi connectivity index (χ4n) is 5.49. The topological polar surface area (TPSA) is 0 Å². The van der Waals surface area contributed by atoms with E-state index in [-0.39, 0.29) is 31.0 Å². The average molecular weight is 507 g/mol. The van der Waals surface area contributed by atoms with E-state index in [0.717, 1.165) is 0 Å². The molecule has 0 unspecified atom stereocenters. The fourth-order valence-corrected chi connectivity index (χ4v) is 18.0. The summed E-state index contributed by atoms with van der Waals surface area (Å²) >= 11 is -1.47. The number of hydrogen-bond acceptors (Lipinski definition) is 0. The van der Waals surface area contributed by atoms with Crippen LogP contribution < -0.4 is 24.8 Å². The van der Waals surface area contributed by atoms with E-state index in [1.54, 1.807) is 11.1 Å². The number of benzene rings is 4. The second-order valence-electron chi connectivity index (χ2n) is 8.71. The van der Waals surface area contributed by atoms with Gasteiger partial charge in [0, 0.05) is 0 Å². The molecule has 2 aliphatic rings. The van der Waals surface area contributed by atoms with Crippen LogP contribution in [0.4, 0.5) is 0 Å². The van der Waals surface area contributed by atoms with Crippen molar-refractivity contribution in [3.8, 4) is 0 Å². The Morgan fingerprint density at radius 2 is 1.03 bits per heavy atom. The van der Waals surface area contributed by atoms with E-state index in [9.17, 15) is 0 Å². The van der Waals surface area contributed by atoms with Crippen molar-refractivity contribution in [2.75, 3.05) is 0 Å². The monoisotopic (exact) mass is 506 g/mol. The Kier molecular flexibility index (Phi) is 6.87. The second-order valence-corrected chi connectivity index (χ2v) is 21.1. The normalized spacial score (nSPS) is 17.3. The molecule has 2 atom stereocenters. The van der Waals surface area contributed by atoms with Gasteiger partial charge in [-0.1, -0.05) is 0 Å². The Hall–Kier alpha value is -1.61. The summed E-state index contributed by atoms with van der Waals surface area (Å²) in [6.45, 7) is 5.14. The van der Waals surface area contributed by atoms with Crippen LogP contribution in [0.15, 0.2) is 84.9 Å². The summed E-state index contributed by atoms with van der Waals surface area (Å²) in [6.07, 6.45) is 9.63. The zero-order chi connectivity index (χ0) is 20.2. The average Bonchev–Trinajstić information content (AvgIpc) is 3.39. The summed E-state index contributed by atoms with van der Waals surface area (Å²) in [5.74, 6) is 0. The van der Waals surface area contributed by atoms with Crippen molar-refractivity contribution in [1.29, 1.82) is 0 Å². The Morgan fingerprint density at radius 3 is 1.47 bits per heavy atom.